The van der Waals surface area contributed by atoms with E-state index in [-0.39, 0.29) is 0 Å². The lowest BCUT2D eigenvalue weighted by molar-refractivity contribution is 0.140. The monoisotopic (exact) mass is 279 g/mol. The van der Waals surface area contributed by atoms with E-state index in [4.69, 9.17) is 4.74 Å². The summed E-state index contributed by atoms with van der Waals surface area (Å²) < 4.78 is 7.15. The third-order valence-electron chi connectivity index (χ3n) is 4.00. The first-order chi connectivity index (χ1) is 9.85. The average molecular weight is 279 g/mol. The van der Waals surface area contributed by atoms with Crippen molar-refractivity contribution in [3.63, 3.8) is 0 Å². The predicted octanol–water partition coefficient (Wildman–Crippen LogP) is 0.641. The van der Waals surface area contributed by atoms with Gasteiger partial charge >= 0.3 is 0 Å². The molecule has 20 heavy (non-hydrogen) atoms. The Balaban J connectivity index is 1.41. The predicted molar refractivity (Wildman–Crippen MR) is 76.4 cm³/mol. The number of aromatic nitrogens is 3. The van der Waals surface area contributed by atoms with Crippen molar-refractivity contribution in [3.8, 4) is 0 Å². The van der Waals surface area contributed by atoms with Crippen molar-refractivity contribution in [2.24, 2.45) is 0 Å². The third-order valence-corrected chi connectivity index (χ3v) is 4.00. The number of hydrogen-bond acceptors (Lipinski definition) is 5. The zero-order valence-electron chi connectivity index (χ0n) is 12.3. The fourth-order valence-corrected chi connectivity index (χ4v) is 2.42. The molecule has 0 unspecified atom stereocenters. The first kappa shape index (κ1) is 14.0. The number of methoxy groups -OCH3 is 1. The SMILES string of the molecule is COCCN(CCn1cc(CNC2CC2)nn1)C1CC1. The molecule has 1 aromatic rings. The lowest BCUT2D eigenvalue weighted by Crippen LogP contribution is -2.32. The Hall–Kier alpha value is -0.980. The summed E-state index contributed by atoms with van der Waals surface area (Å²) in [6.45, 7) is 4.63. The van der Waals surface area contributed by atoms with Crippen LogP contribution in [0.25, 0.3) is 0 Å². The standard InChI is InChI=1S/C14H25N5O/c1-20-9-8-18(14-4-5-14)6-7-19-11-13(16-17-19)10-15-12-2-3-12/h11-12,14-15H,2-10H2,1H3. The maximum Gasteiger partial charge on any atom is 0.0964 e. The second kappa shape index (κ2) is 6.65. The molecular weight excluding hydrogens is 254 g/mol. The summed E-state index contributed by atoms with van der Waals surface area (Å²) >= 11 is 0. The van der Waals surface area contributed by atoms with E-state index in [0.29, 0.717) is 0 Å². The van der Waals surface area contributed by atoms with Crippen LogP contribution in [0.2, 0.25) is 0 Å². The Morgan fingerprint density at radius 3 is 2.90 bits per heavy atom. The molecule has 0 atom stereocenters. The molecule has 0 amide bonds. The minimum absolute atomic E-state index is 0.722. The summed E-state index contributed by atoms with van der Waals surface area (Å²) in [6.07, 6.45) is 7.35. The smallest absolute Gasteiger partial charge is 0.0964 e. The van der Waals surface area contributed by atoms with Gasteiger partial charge in [0.15, 0.2) is 0 Å². The van der Waals surface area contributed by atoms with Gasteiger partial charge in [-0.2, -0.15) is 0 Å². The van der Waals surface area contributed by atoms with Crippen molar-refractivity contribution in [1.29, 1.82) is 0 Å². The van der Waals surface area contributed by atoms with E-state index in [1.807, 2.05) is 4.68 Å². The van der Waals surface area contributed by atoms with E-state index in [1.54, 1.807) is 7.11 Å². The minimum Gasteiger partial charge on any atom is -0.383 e. The highest BCUT2D eigenvalue weighted by atomic mass is 16.5. The molecule has 6 heteroatoms. The molecule has 3 rings (SSSR count). The summed E-state index contributed by atoms with van der Waals surface area (Å²) in [5, 5.41) is 11.9. The van der Waals surface area contributed by atoms with E-state index < -0.39 is 0 Å². The van der Waals surface area contributed by atoms with Gasteiger partial charge in [0.25, 0.3) is 0 Å². The zero-order chi connectivity index (χ0) is 13.8. The maximum atomic E-state index is 5.18. The van der Waals surface area contributed by atoms with E-state index >= 15 is 0 Å². The molecule has 2 fully saturated rings. The van der Waals surface area contributed by atoms with Gasteiger partial charge in [0.1, 0.15) is 0 Å². The van der Waals surface area contributed by atoms with Gasteiger partial charge in [-0.15, -0.1) is 5.10 Å². The van der Waals surface area contributed by atoms with Crippen LogP contribution in [0.1, 0.15) is 31.4 Å². The van der Waals surface area contributed by atoms with Crippen molar-refractivity contribution in [1.82, 2.24) is 25.2 Å². The number of nitrogens with one attached hydrogen (secondary N) is 1. The Labute approximate surface area is 120 Å². The fourth-order valence-electron chi connectivity index (χ4n) is 2.42. The second-order valence-electron chi connectivity index (χ2n) is 5.89. The van der Waals surface area contributed by atoms with Crippen molar-refractivity contribution in [2.45, 2.75) is 50.9 Å². The molecule has 1 N–H and O–H groups in total. The van der Waals surface area contributed by atoms with Crippen LogP contribution in [0.3, 0.4) is 0 Å². The largest absolute Gasteiger partial charge is 0.383 e. The Bertz CT molecular complexity index is 413. The average Bonchev–Trinajstić information content (AvgIpc) is 3.37. The number of hydrogen-bond donors (Lipinski definition) is 1. The van der Waals surface area contributed by atoms with Crippen molar-refractivity contribution in [3.05, 3.63) is 11.9 Å². The van der Waals surface area contributed by atoms with E-state index in [2.05, 4.69) is 26.7 Å². The number of nitrogens with zero attached hydrogens (tertiary/aromatic N) is 4. The third kappa shape index (κ3) is 4.26. The molecule has 1 heterocycles. The highest BCUT2D eigenvalue weighted by Crippen LogP contribution is 2.26. The van der Waals surface area contributed by atoms with Gasteiger partial charge in [-0.3, -0.25) is 9.58 Å². The fraction of sp³-hybridized carbons (Fsp3) is 0.857. The molecule has 2 saturated carbocycles. The molecule has 2 aliphatic carbocycles. The number of rotatable bonds is 10. The van der Waals surface area contributed by atoms with Gasteiger partial charge in [-0.25, -0.2) is 0 Å². The molecule has 0 bridgehead atoms. The van der Waals surface area contributed by atoms with Crippen LogP contribution in [0, 0.1) is 0 Å². The Kier molecular flexibility index (Phi) is 4.65. The highest BCUT2D eigenvalue weighted by Gasteiger charge is 2.28. The summed E-state index contributed by atoms with van der Waals surface area (Å²) in [5.41, 5.74) is 1.05. The molecule has 6 nitrogen and oxygen atoms in total. The van der Waals surface area contributed by atoms with E-state index in [9.17, 15) is 0 Å². The van der Waals surface area contributed by atoms with Crippen molar-refractivity contribution < 1.29 is 4.74 Å². The summed E-state index contributed by atoms with van der Waals surface area (Å²) in [6, 6.07) is 1.49. The lowest BCUT2D eigenvalue weighted by Gasteiger charge is -2.21. The second-order valence-corrected chi connectivity index (χ2v) is 5.89. The van der Waals surface area contributed by atoms with Gasteiger partial charge in [-0.1, -0.05) is 5.21 Å². The summed E-state index contributed by atoms with van der Waals surface area (Å²) in [7, 11) is 1.77. The van der Waals surface area contributed by atoms with Gasteiger partial charge in [-0.05, 0) is 25.7 Å². The quantitative estimate of drug-likeness (QED) is 0.681. The molecule has 0 aromatic carbocycles. The van der Waals surface area contributed by atoms with Gasteiger partial charge in [0.05, 0.1) is 18.8 Å². The topological polar surface area (TPSA) is 55.2 Å². The van der Waals surface area contributed by atoms with E-state index in [0.717, 1.165) is 50.6 Å². The van der Waals surface area contributed by atoms with Gasteiger partial charge in [0, 0.05) is 45.0 Å². The van der Waals surface area contributed by atoms with Crippen molar-refractivity contribution >= 4 is 0 Å². The van der Waals surface area contributed by atoms with Crippen LogP contribution in [-0.2, 0) is 17.8 Å². The lowest BCUT2D eigenvalue weighted by atomic mass is 10.4. The molecule has 0 spiro atoms. The van der Waals surface area contributed by atoms with E-state index in [1.165, 1.54) is 25.7 Å². The molecule has 0 aliphatic heterocycles. The van der Waals surface area contributed by atoms with Crippen LogP contribution in [-0.4, -0.2) is 58.8 Å². The molecule has 0 saturated heterocycles. The van der Waals surface area contributed by atoms with Crippen LogP contribution in [0.5, 0.6) is 0 Å². The first-order valence-electron chi connectivity index (χ1n) is 7.70. The zero-order valence-corrected chi connectivity index (χ0v) is 12.3. The molecular formula is C14H25N5O. The maximum absolute atomic E-state index is 5.18. The Morgan fingerprint density at radius 2 is 2.20 bits per heavy atom. The highest BCUT2D eigenvalue weighted by molar-refractivity contribution is 4.94. The van der Waals surface area contributed by atoms with Crippen LogP contribution in [0.15, 0.2) is 6.20 Å². The van der Waals surface area contributed by atoms with Gasteiger partial charge < -0.3 is 10.1 Å². The van der Waals surface area contributed by atoms with Gasteiger partial charge in [0.2, 0.25) is 0 Å². The molecule has 112 valence electrons. The molecule has 2 aliphatic rings. The molecule has 0 radical (unpaired) electrons. The normalized spacial score (nSPS) is 18.9. The summed E-state index contributed by atoms with van der Waals surface area (Å²) in [5.74, 6) is 0. The number of ether oxygens (including phenoxy) is 1. The summed E-state index contributed by atoms with van der Waals surface area (Å²) in [4.78, 5) is 2.51. The van der Waals surface area contributed by atoms with Crippen molar-refractivity contribution in [2.75, 3.05) is 26.8 Å². The first-order valence-corrected chi connectivity index (χ1v) is 7.70. The Morgan fingerprint density at radius 1 is 1.35 bits per heavy atom. The van der Waals surface area contributed by atoms with Crippen LogP contribution >= 0.6 is 0 Å². The minimum atomic E-state index is 0.722. The van der Waals surface area contributed by atoms with Crippen LogP contribution < -0.4 is 5.32 Å². The molecule has 1 aromatic heterocycles. The van der Waals surface area contributed by atoms with Crippen LogP contribution in [0.4, 0.5) is 0 Å².